The van der Waals surface area contributed by atoms with Crippen molar-refractivity contribution in [1.29, 1.82) is 0 Å². The van der Waals surface area contributed by atoms with Crippen LogP contribution in [0.3, 0.4) is 0 Å². The molecule has 2 heterocycles. The lowest BCUT2D eigenvalue weighted by molar-refractivity contribution is 0.161. The predicted octanol–water partition coefficient (Wildman–Crippen LogP) is 2.24. The molecule has 0 amide bonds. The van der Waals surface area contributed by atoms with Crippen LogP contribution >= 0.6 is 0 Å². The fourth-order valence-electron chi connectivity index (χ4n) is 2.94. The maximum atomic E-state index is 11.5. The van der Waals surface area contributed by atoms with Gasteiger partial charge in [0.2, 0.25) is 0 Å². The van der Waals surface area contributed by atoms with Crippen molar-refractivity contribution in [1.82, 2.24) is 9.88 Å². The molecule has 0 saturated carbocycles. The molecule has 1 aromatic rings. The number of aromatic nitrogens is 1. The average molecular weight is 248 g/mol. The van der Waals surface area contributed by atoms with Gasteiger partial charge in [-0.05, 0) is 38.6 Å². The van der Waals surface area contributed by atoms with Gasteiger partial charge in [-0.25, -0.2) is 0 Å². The highest BCUT2D eigenvalue weighted by atomic mass is 16.1. The fourth-order valence-corrected chi connectivity index (χ4v) is 2.94. The zero-order valence-electron chi connectivity index (χ0n) is 11.9. The number of nitrogens with zero attached hydrogens (tertiary/aromatic N) is 1. The summed E-state index contributed by atoms with van der Waals surface area (Å²) in [5.74, 6) is 0. The van der Waals surface area contributed by atoms with E-state index in [0.717, 1.165) is 24.5 Å². The Morgan fingerprint density at radius 2 is 1.94 bits per heavy atom. The van der Waals surface area contributed by atoms with E-state index < -0.39 is 0 Å². The molecule has 1 aliphatic heterocycles. The van der Waals surface area contributed by atoms with Gasteiger partial charge in [0.1, 0.15) is 0 Å². The number of nitrogens with one attached hydrogen (secondary N) is 1. The fraction of sp³-hybridized carbons (Fsp3) is 0.667. The van der Waals surface area contributed by atoms with E-state index in [1.54, 1.807) is 12.1 Å². The van der Waals surface area contributed by atoms with Gasteiger partial charge < -0.3 is 9.88 Å². The van der Waals surface area contributed by atoms with Crippen LogP contribution in [0.25, 0.3) is 0 Å². The second kappa shape index (κ2) is 4.88. The van der Waals surface area contributed by atoms with Crippen molar-refractivity contribution >= 4 is 0 Å². The van der Waals surface area contributed by atoms with Crippen LogP contribution in [-0.4, -0.2) is 17.2 Å². The minimum absolute atomic E-state index is 0.108. The first-order chi connectivity index (χ1) is 8.40. The Morgan fingerprint density at radius 1 is 1.33 bits per heavy atom. The maximum absolute atomic E-state index is 11.5. The third-order valence-electron chi connectivity index (χ3n) is 4.25. The van der Waals surface area contributed by atoms with E-state index in [0.29, 0.717) is 11.5 Å². The predicted molar refractivity (Wildman–Crippen MR) is 75.0 cm³/mol. The Kier molecular flexibility index (Phi) is 3.62. The van der Waals surface area contributed by atoms with Crippen molar-refractivity contribution in [2.24, 2.45) is 5.41 Å². The Hall–Kier alpha value is -1.09. The molecule has 3 nitrogen and oxygen atoms in total. The van der Waals surface area contributed by atoms with Crippen LogP contribution in [0.5, 0.6) is 0 Å². The molecule has 1 N–H and O–H groups in total. The maximum Gasteiger partial charge on any atom is 0.182 e. The molecule has 1 aromatic heterocycles. The summed E-state index contributed by atoms with van der Waals surface area (Å²) in [4.78, 5) is 11.5. The Bertz CT molecular complexity index is 462. The lowest BCUT2D eigenvalue weighted by atomic mass is 9.77. The smallest absolute Gasteiger partial charge is 0.182 e. The molecule has 1 aliphatic rings. The molecule has 100 valence electrons. The minimum Gasteiger partial charge on any atom is -0.347 e. The highest BCUT2D eigenvalue weighted by molar-refractivity contribution is 5.13. The van der Waals surface area contributed by atoms with Crippen LogP contribution in [0, 0.1) is 19.3 Å². The van der Waals surface area contributed by atoms with E-state index in [1.807, 2.05) is 13.8 Å². The molecule has 1 unspecified atom stereocenters. The summed E-state index contributed by atoms with van der Waals surface area (Å²) >= 11 is 0. The van der Waals surface area contributed by atoms with Crippen molar-refractivity contribution in [3.8, 4) is 0 Å². The molecule has 1 atom stereocenters. The molecule has 0 aliphatic carbocycles. The largest absolute Gasteiger partial charge is 0.347 e. The van der Waals surface area contributed by atoms with Gasteiger partial charge in [0.05, 0.1) is 0 Å². The number of aryl methyl sites for hydroxylation is 2. The average Bonchev–Trinajstić information content (AvgIpc) is 2.24. The van der Waals surface area contributed by atoms with Crippen molar-refractivity contribution in [2.45, 2.75) is 53.1 Å². The van der Waals surface area contributed by atoms with E-state index in [1.165, 1.54) is 12.8 Å². The standard InChI is InChI=1S/C15H24N2O/c1-11-8-13(18)9-12(2)17(11)10-14-15(3,4)6-5-7-16-14/h8-9,14,16H,5-7,10H2,1-4H3. The summed E-state index contributed by atoms with van der Waals surface area (Å²) in [6.45, 7) is 10.7. The first-order valence-corrected chi connectivity index (χ1v) is 6.81. The molecule has 0 bridgehead atoms. The van der Waals surface area contributed by atoms with Gasteiger partial charge in [0.25, 0.3) is 0 Å². The van der Waals surface area contributed by atoms with Gasteiger partial charge in [-0.2, -0.15) is 0 Å². The topological polar surface area (TPSA) is 34.0 Å². The van der Waals surface area contributed by atoms with Crippen molar-refractivity contribution in [3.63, 3.8) is 0 Å². The highest BCUT2D eigenvalue weighted by Crippen LogP contribution is 2.31. The summed E-state index contributed by atoms with van der Waals surface area (Å²) < 4.78 is 2.26. The van der Waals surface area contributed by atoms with Gasteiger partial charge in [0, 0.05) is 36.1 Å². The second-order valence-electron chi connectivity index (χ2n) is 6.18. The number of hydrogen-bond acceptors (Lipinski definition) is 2. The summed E-state index contributed by atoms with van der Waals surface area (Å²) in [6.07, 6.45) is 2.52. The van der Waals surface area contributed by atoms with Crippen LogP contribution < -0.4 is 10.7 Å². The number of piperidine rings is 1. The van der Waals surface area contributed by atoms with Gasteiger partial charge in [0.15, 0.2) is 5.43 Å². The van der Waals surface area contributed by atoms with E-state index in [-0.39, 0.29) is 5.43 Å². The zero-order chi connectivity index (χ0) is 13.3. The minimum atomic E-state index is 0.108. The van der Waals surface area contributed by atoms with E-state index >= 15 is 0 Å². The molecular formula is C15H24N2O. The van der Waals surface area contributed by atoms with Gasteiger partial charge in [-0.15, -0.1) is 0 Å². The van der Waals surface area contributed by atoms with Gasteiger partial charge >= 0.3 is 0 Å². The Morgan fingerprint density at radius 3 is 2.50 bits per heavy atom. The first-order valence-electron chi connectivity index (χ1n) is 6.81. The van der Waals surface area contributed by atoms with Crippen molar-refractivity contribution in [2.75, 3.05) is 6.54 Å². The SMILES string of the molecule is Cc1cc(=O)cc(C)n1CC1NCCCC1(C)C. The second-order valence-corrected chi connectivity index (χ2v) is 6.18. The van der Waals surface area contributed by atoms with Crippen LogP contribution in [0.4, 0.5) is 0 Å². The van der Waals surface area contributed by atoms with Gasteiger partial charge in [-0.1, -0.05) is 13.8 Å². The normalized spacial score (nSPS) is 23.0. The third-order valence-corrected chi connectivity index (χ3v) is 4.25. The Balaban J connectivity index is 2.26. The van der Waals surface area contributed by atoms with Crippen molar-refractivity contribution < 1.29 is 0 Å². The molecule has 2 rings (SSSR count). The zero-order valence-corrected chi connectivity index (χ0v) is 11.9. The van der Waals surface area contributed by atoms with Crippen LogP contribution in [-0.2, 0) is 6.54 Å². The molecule has 0 aromatic carbocycles. The number of pyridine rings is 1. The highest BCUT2D eigenvalue weighted by Gasteiger charge is 2.32. The van der Waals surface area contributed by atoms with E-state index in [9.17, 15) is 4.79 Å². The quantitative estimate of drug-likeness (QED) is 0.871. The van der Waals surface area contributed by atoms with Crippen LogP contribution in [0.1, 0.15) is 38.1 Å². The monoisotopic (exact) mass is 248 g/mol. The third kappa shape index (κ3) is 2.66. The van der Waals surface area contributed by atoms with Crippen LogP contribution in [0.2, 0.25) is 0 Å². The molecule has 3 heteroatoms. The number of hydrogen-bond donors (Lipinski definition) is 1. The summed E-state index contributed by atoms with van der Waals surface area (Å²) in [6, 6.07) is 3.93. The van der Waals surface area contributed by atoms with E-state index in [4.69, 9.17) is 0 Å². The molecular weight excluding hydrogens is 224 g/mol. The van der Waals surface area contributed by atoms with E-state index in [2.05, 4.69) is 23.7 Å². The lowest BCUT2D eigenvalue weighted by Gasteiger charge is -2.40. The van der Waals surface area contributed by atoms with Gasteiger partial charge in [-0.3, -0.25) is 4.79 Å². The van der Waals surface area contributed by atoms with Crippen molar-refractivity contribution in [3.05, 3.63) is 33.7 Å². The summed E-state index contributed by atoms with van der Waals surface area (Å²) in [7, 11) is 0. The molecule has 1 fully saturated rings. The lowest BCUT2D eigenvalue weighted by Crippen LogP contribution is -2.49. The summed E-state index contributed by atoms with van der Waals surface area (Å²) in [5, 5.41) is 3.63. The Labute approximate surface area is 109 Å². The number of rotatable bonds is 2. The molecule has 1 saturated heterocycles. The molecule has 18 heavy (non-hydrogen) atoms. The molecule has 0 radical (unpaired) electrons. The first kappa shape index (κ1) is 13.3. The van der Waals surface area contributed by atoms with Crippen LogP contribution in [0.15, 0.2) is 16.9 Å². The molecule has 0 spiro atoms. The summed E-state index contributed by atoms with van der Waals surface area (Å²) in [5.41, 5.74) is 2.55.